The van der Waals surface area contributed by atoms with E-state index in [4.69, 9.17) is 28.4 Å². The van der Waals surface area contributed by atoms with Crippen LogP contribution in [0.4, 0.5) is 0 Å². The highest BCUT2D eigenvalue weighted by Gasteiger charge is 2.74. The van der Waals surface area contributed by atoms with Crippen molar-refractivity contribution < 1.29 is 89.1 Å². The van der Waals surface area contributed by atoms with E-state index in [9.17, 15) is 60.7 Å². The quantitative estimate of drug-likeness (QED) is 0.0912. The van der Waals surface area contributed by atoms with Gasteiger partial charge in [-0.3, -0.25) is 9.59 Å². The number of carbonyl (C=O) groups is 2. The van der Waals surface area contributed by atoms with E-state index in [1.807, 2.05) is 0 Å². The molecule has 8 aliphatic rings. The van der Waals surface area contributed by atoms with Gasteiger partial charge in [0, 0.05) is 0 Å². The van der Waals surface area contributed by atoms with Crippen LogP contribution >= 0.6 is 0 Å². The highest BCUT2D eigenvalue weighted by molar-refractivity contribution is 5.85. The zero-order chi connectivity index (χ0) is 47.5. The number of carboxylic acids is 1. The first-order chi connectivity index (χ1) is 30.4. The lowest BCUT2D eigenvalue weighted by atomic mass is 9.33. The molecule has 24 atom stereocenters. The second-order valence-electron chi connectivity index (χ2n) is 22.3. The van der Waals surface area contributed by atoms with Crippen molar-refractivity contribution >= 4 is 11.9 Å². The van der Waals surface area contributed by atoms with Gasteiger partial charge in [-0.1, -0.05) is 53.2 Å². The Balaban J connectivity index is 1.05. The van der Waals surface area contributed by atoms with Crippen molar-refractivity contribution in [2.24, 2.45) is 56.7 Å². The van der Waals surface area contributed by atoms with E-state index in [2.05, 4.69) is 47.6 Å². The number of hydrogen-bond donors (Lipinski definition) is 10. The predicted octanol–water partition coefficient (Wildman–Crippen LogP) is 0.728. The van der Waals surface area contributed by atoms with E-state index in [1.165, 1.54) is 0 Å². The van der Waals surface area contributed by atoms with Crippen LogP contribution in [0.1, 0.15) is 106 Å². The summed E-state index contributed by atoms with van der Waals surface area (Å²) in [4.78, 5) is 29.0. The summed E-state index contributed by atoms with van der Waals surface area (Å²) in [5.74, 6) is -2.04. The predicted molar refractivity (Wildman–Crippen MR) is 225 cm³/mol. The Hall–Kier alpha value is -1.88. The van der Waals surface area contributed by atoms with Crippen molar-refractivity contribution in [2.75, 3.05) is 13.2 Å². The molecule has 4 saturated carbocycles. The average molecular weight is 927 g/mol. The molecule has 0 aromatic heterocycles. The second kappa shape index (κ2) is 17.5. The Labute approximate surface area is 380 Å². The minimum atomic E-state index is -1.77. The summed E-state index contributed by atoms with van der Waals surface area (Å²) in [7, 11) is 0. The number of aliphatic carboxylic acids is 1. The highest BCUT2D eigenvalue weighted by atomic mass is 16.7. The van der Waals surface area contributed by atoms with Crippen LogP contribution in [0.2, 0.25) is 0 Å². The molecule has 18 nitrogen and oxygen atoms in total. The maximum atomic E-state index is 14.7. The molecule has 0 spiro atoms. The third-order valence-electron chi connectivity index (χ3n) is 19.0. The molecular weight excluding hydrogens is 852 g/mol. The van der Waals surface area contributed by atoms with E-state index in [-0.39, 0.29) is 48.5 Å². The molecule has 0 aromatic carbocycles. The fourth-order valence-corrected chi connectivity index (χ4v) is 15.1. The Morgan fingerprint density at radius 3 is 2.09 bits per heavy atom. The first kappa shape index (κ1) is 49.5. The molecular formula is C47H74O18. The van der Waals surface area contributed by atoms with Gasteiger partial charge in [0.15, 0.2) is 12.6 Å². The van der Waals surface area contributed by atoms with Gasteiger partial charge in [-0.2, -0.15) is 0 Å². The van der Waals surface area contributed by atoms with E-state index in [1.54, 1.807) is 6.92 Å². The van der Waals surface area contributed by atoms with E-state index in [0.717, 1.165) is 5.57 Å². The first-order valence-electron chi connectivity index (χ1n) is 23.9. The molecule has 0 unspecified atom stereocenters. The minimum Gasteiger partial charge on any atom is -0.481 e. The van der Waals surface area contributed by atoms with Crippen LogP contribution in [-0.2, 0) is 38.0 Å². The number of rotatable bonds is 8. The molecule has 65 heavy (non-hydrogen) atoms. The molecule has 5 aliphatic carbocycles. The van der Waals surface area contributed by atoms with Gasteiger partial charge in [-0.05, 0) is 111 Å². The number of carboxylic acid groups (broad SMARTS) is 1. The van der Waals surface area contributed by atoms with Crippen LogP contribution in [0.15, 0.2) is 11.6 Å². The van der Waals surface area contributed by atoms with Crippen LogP contribution in [0.5, 0.6) is 0 Å². The summed E-state index contributed by atoms with van der Waals surface area (Å²) in [6.45, 7) is 13.5. The molecule has 0 aromatic rings. The lowest BCUT2D eigenvalue weighted by Gasteiger charge is -2.70. The maximum absolute atomic E-state index is 14.7. The van der Waals surface area contributed by atoms with Gasteiger partial charge < -0.3 is 79.5 Å². The molecule has 0 radical (unpaired) electrons. The van der Waals surface area contributed by atoms with Gasteiger partial charge in [0.2, 0.25) is 6.29 Å². The summed E-state index contributed by atoms with van der Waals surface area (Å²) >= 11 is 0. The maximum Gasteiger partial charge on any atom is 0.315 e. The number of ether oxygens (including phenoxy) is 6. The number of aliphatic hydroxyl groups is 9. The highest BCUT2D eigenvalue weighted by Crippen LogP contribution is 2.76. The summed E-state index contributed by atoms with van der Waals surface area (Å²) in [6, 6.07) is 0. The van der Waals surface area contributed by atoms with E-state index >= 15 is 0 Å². The Morgan fingerprint density at radius 1 is 0.723 bits per heavy atom. The molecule has 10 N–H and O–H groups in total. The van der Waals surface area contributed by atoms with Crippen molar-refractivity contribution in [2.45, 2.75) is 198 Å². The number of hydrogen-bond acceptors (Lipinski definition) is 17. The smallest absolute Gasteiger partial charge is 0.315 e. The first-order valence-corrected chi connectivity index (χ1v) is 23.9. The van der Waals surface area contributed by atoms with Crippen molar-refractivity contribution in [1.82, 2.24) is 0 Å². The fourth-order valence-electron chi connectivity index (χ4n) is 15.1. The summed E-state index contributed by atoms with van der Waals surface area (Å²) < 4.78 is 35.6. The molecule has 3 aliphatic heterocycles. The zero-order valence-corrected chi connectivity index (χ0v) is 38.6. The lowest BCUT2D eigenvalue weighted by molar-refractivity contribution is -0.358. The van der Waals surface area contributed by atoms with Gasteiger partial charge in [-0.15, -0.1) is 0 Å². The van der Waals surface area contributed by atoms with Crippen LogP contribution in [0.3, 0.4) is 0 Å². The monoisotopic (exact) mass is 926 g/mol. The van der Waals surface area contributed by atoms with E-state index in [0.29, 0.717) is 44.9 Å². The summed E-state index contributed by atoms with van der Waals surface area (Å²) in [5, 5.41) is 107. The molecule has 370 valence electrons. The van der Waals surface area contributed by atoms with Gasteiger partial charge in [0.25, 0.3) is 0 Å². The third-order valence-corrected chi connectivity index (χ3v) is 19.0. The third kappa shape index (κ3) is 7.41. The molecule has 18 heteroatoms. The Bertz CT molecular complexity index is 1810. The summed E-state index contributed by atoms with van der Waals surface area (Å²) in [6.07, 6.45) is -14.0. The molecule has 0 amide bonds. The number of aliphatic hydroxyl groups excluding tert-OH is 9. The molecule has 8 rings (SSSR count). The molecule has 3 saturated heterocycles. The van der Waals surface area contributed by atoms with Crippen LogP contribution in [0.25, 0.3) is 0 Å². The largest absolute Gasteiger partial charge is 0.481 e. The van der Waals surface area contributed by atoms with Crippen molar-refractivity contribution in [3.8, 4) is 0 Å². The average Bonchev–Trinajstić information content (AvgIpc) is 3.25. The number of fused-ring (bicyclic) bond motifs is 7. The lowest BCUT2D eigenvalue weighted by Crippen LogP contribution is -2.68. The zero-order valence-electron chi connectivity index (χ0n) is 38.6. The molecule has 3 heterocycles. The van der Waals surface area contributed by atoms with Gasteiger partial charge in [0.05, 0.1) is 36.3 Å². The Morgan fingerprint density at radius 2 is 1.42 bits per heavy atom. The van der Waals surface area contributed by atoms with Crippen molar-refractivity contribution in [3.63, 3.8) is 0 Å². The van der Waals surface area contributed by atoms with Crippen molar-refractivity contribution in [1.29, 1.82) is 0 Å². The SMILES string of the molecule is C[C@H]1[C@H](C)CC[C@]2(C(=O)O[C@@H]3O[C@H](CO)[C@@H](O)[C@H](O)[C@H]3O)CC[C@]3(C(=O)O)C(=CC[C@@H]4[C@@]5(C)CC[C@H](O[C@@H]6O[C@@H](C)[C@H](O)[C@@H](O[C@H]7OC[C@@H](O)[C@H](O)[C@H]7O)[C@H]6O)C(C)(C)[C@@H]5CC[C@]43C)[C@H]12. The van der Waals surface area contributed by atoms with Gasteiger partial charge in [0.1, 0.15) is 61.0 Å². The minimum absolute atomic E-state index is 0.0481. The fraction of sp³-hybridized carbons (Fsp3) is 0.915. The second-order valence-corrected chi connectivity index (χ2v) is 22.3. The number of esters is 1. The normalized spacial score (nSPS) is 54.2. The van der Waals surface area contributed by atoms with E-state index < -0.39 is 138 Å². The number of carbonyl (C=O) groups excluding carboxylic acids is 1. The number of allylic oxidation sites excluding steroid dienone is 1. The standard InChI is InChI=1S/C47H74O18/c1-20-10-15-46(42(59)65-39-35(55)33(53)32(52)25(18-48)62-39)16-17-47(41(57)58)23(29(46)21(20)2)8-9-27-44(6)13-12-28(43(4,5)26(44)11-14-45(27,47)7)63-40-36(56)37(30(50)22(3)61-40)64-38-34(54)31(51)24(49)19-60-38/h8,20-22,24-40,48-56H,9-19H2,1-7H3,(H,57,58)/t20-,21+,22+,24-,25-,26+,27-,28+,29+,30+,31+,32-,33+,34-,35-,36-,37-,38-,39+,40+,44+,45-,46+,47-/m1/s1. The van der Waals surface area contributed by atoms with Gasteiger partial charge >= 0.3 is 11.9 Å². The van der Waals surface area contributed by atoms with Crippen LogP contribution in [-0.4, -0.2) is 168 Å². The van der Waals surface area contributed by atoms with Crippen molar-refractivity contribution in [3.05, 3.63) is 11.6 Å². The summed E-state index contributed by atoms with van der Waals surface area (Å²) in [5.41, 5.74) is -3.29. The van der Waals surface area contributed by atoms with Crippen LogP contribution < -0.4 is 0 Å². The van der Waals surface area contributed by atoms with Crippen LogP contribution in [0, 0.1) is 56.7 Å². The van der Waals surface area contributed by atoms with Gasteiger partial charge in [-0.25, -0.2) is 0 Å². The topological polar surface area (TPSA) is 292 Å². The Kier molecular flexibility index (Phi) is 13.3. The molecule has 7 fully saturated rings. The molecule has 0 bridgehead atoms.